The first kappa shape index (κ1) is 16.3. The summed E-state index contributed by atoms with van der Waals surface area (Å²) in [5.74, 6) is 0. The van der Waals surface area contributed by atoms with Crippen molar-refractivity contribution in [3.05, 3.63) is 0 Å². The Balaban J connectivity index is 2.53. The highest BCUT2D eigenvalue weighted by Gasteiger charge is 2.51. The van der Waals surface area contributed by atoms with E-state index < -0.39 is 0 Å². The summed E-state index contributed by atoms with van der Waals surface area (Å²) >= 11 is 1.73. The van der Waals surface area contributed by atoms with Crippen LogP contribution < -0.4 is 5.32 Å². The molecule has 4 heteroatoms. The van der Waals surface area contributed by atoms with Crippen molar-refractivity contribution in [1.82, 2.24) is 5.32 Å². The van der Waals surface area contributed by atoms with Gasteiger partial charge in [0.2, 0.25) is 0 Å². The Labute approximate surface area is 116 Å². The Hall–Kier alpha value is 0.230. The topological polar surface area (TPSA) is 41.5 Å². The molecular weight excluding hydrogens is 246 g/mol. The molecule has 3 nitrogen and oxygen atoms in total. The molecule has 1 aliphatic rings. The molecule has 0 aromatic carbocycles. The van der Waals surface area contributed by atoms with Gasteiger partial charge in [0.1, 0.15) is 0 Å². The van der Waals surface area contributed by atoms with Crippen LogP contribution in [0.4, 0.5) is 0 Å². The minimum Gasteiger partial charge on any atom is -0.395 e. The molecule has 18 heavy (non-hydrogen) atoms. The summed E-state index contributed by atoms with van der Waals surface area (Å²) in [6.07, 6.45) is 4.67. The highest BCUT2D eigenvalue weighted by atomic mass is 32.2. The Bertz CT molecular complexity index is 248. The molecule has 0 saturated heterocycles. The van der Waals surface area contributed by atoms with Crippen molar-refractivity contribution in [3.63, 3.8) is 0 Å². The monoisotopic (exact) mass is 275 g/mol. The lowest BCUT2D eigenvalue weighted by molar-refractivity contribution is -0.127. The van der Waals surface area contributed by atoms with Crippen LogP contribution in [-0.2, 0) is 4.74 Å². The SMILES string of the molecule is CCOC1CC(NC(C)C(CO)SC)C1(C)CC. The Morgan fingerprint density at radius 1 is 1.50 bits per heavy atom. The van der Waals surface area contributed by atoms with Crippen molar-refractivity contribution in [2.24, 2.45) is 5.41 Å². The normalized spacial score (nSPS) is 35.0. The summed E-state index contributed by atoms with van der Waals surface area (Å²) in [5, 5.41) is 13.3. The molecule has 5 unspecified atom stereocenters. The molecule has 0 radical (unpaired) electrons. The molecule has 0 amide bonds. The van der Waals surface area contributed by atoms with Gasteiger partial charge in [0.05, 0.1) is 12.7 Å². The molecule has 2 N–H and O–H groups in total. The van der Waals surface area contributed by atoms with E-state index in [0.717, 1.165) is 19.4 Å². The molecule has 0 aliphatic heterocycles. The van der Waals surface area contributed by atoms with E-state index in [9.17, 15) is 5.11 Å². The first-order valence-electron chi connectivity index (χ1n) is 7.04. The number of hydrogen-bond acceptors (Lipinski definition) is 4. The second-order valence-corrected chi connectivity index (χ2v) is 6.58. The molecular formula is C14H29NO2S. The maximum absolute atomic E-state index is 9.34. The fraction of sp³-hybridized carbons (Fsp3) is 1.00. The van der Waals surface area contributed by atoms with Crippen molar-refractivity contribution in [2.45, 2.75) is 64.0 Å². The van der Waals surface area contributed by atoms with E-state index >= 15 is 0 Å². The van der Waals surface area contributed by atoms with Gasteiger partial charge in [0.15, 0.2) is 0 Å². The van der Waals surface area contributed by atoms with E-state index in [-0.39, 0.29) is 17.3 Å². The number of rotatable bonds is 8. The Kier molecular flexibility index (Phi) is 6.45. The summed E-state index contributed by atoms with van der Waals surface area (Å²) in [6.45, 7) is 9.82. The number of nitrogens with one attached hydrogen (secondary N) is 1. The molecule has 1 fully saturated rings. The number of hydrogen-bond donors (Lipinski definition) is 2. The molecule has 108 valence electrons. The van der Waals surface area contributed by atoms with Crippen LogP contribution in [0, 0.1) is 5.41 Å². The van der Waals surface area contributed by atoms with Crippen LogP contribution in [-0.4, -0.2) is 48.0 Å². The van der Waals surface area contributed by atoms with Crippen LogP contribution in [0.2, 0.25) is 0 Å². The summed E-state index contributed by atoms with van der Waals surface area (Å²) in [5.41, 5.74) is 0.239. The minimum absolute atomic E-state index is 0.236. The van der Waals surface area contributed by atoms with E-state index in [0.29, 0.717) is 18.2 Å². The average molecular weight is 275 g/mol. The molecule has 0 bridgehead atoms. The predicted molar refractivity (Wildman–Crippen MR) is 79.2 cm³/mol. The van der Waals surface area contributed by atoms with Crippen LogP contribution in [0.25, 0.3) is 0 Å². The third-order valence-electron chi connectivity index (χ3n) is 4.62. The first-order chi connectivity index (χ1) is 8.53. The second-order valence-electron chi connectivity index (χ2n) is 5.50. The van der Waals surface area contributed by atoms with Crippen molar-refractivity contribution < 1.29 is 9.84 Å². The predicted octanol–water partition coefficient (Wildman–Crippen LogP) is 2.28. The maximum atomic E-state index is 9.34. The molecule has 0 spiro atoms. The van der Waals surface area contributed by atoms with Gasteiger partial charge < -0.3 is 15.2 Å². The highest BCUT2D eigenvalue weighted by Crippen LogP contribution is 2.46. The van der Waals surface area contributed by atoms with Gasteiger partial charge in [-0.1, -0.05) is 13.8 Å². The molecule has 1 saturated carbocycles. The van der Waals surface area contributed by atoms with Gasteiger partial charge in [-0.15, -0.1) is 0 Å². The third-order valence-corrected chi connectivity index (χ3v) is 5.78. The zero-order valence-electron chi connectivity index (χ0n) is 12.4. The van der Waals surface area contributed by atoms with Gasteiger partial charge in [-0.2, -0.15) is 11.8 Å². The van der Waals surface area contributed by atoms with Crippen LogP contribution >= 0.6 is 11.8 Å². The molecule has 1 rings (SSSR count). The van der Waals surface area contributed by atoms with E-state index in [1.807, 2.05) is 0 Å². The van der Waals surface area contributed by atoms with Gasteiger partial charge in [0.25, 0.3) is 0 Å². The molecule has 1 aliphatic carbocycles. The largest absolute Gasteiger partial charge is 0.395 e. The first-order valence-corrected chi connectivity index (χ1v) is 8.33. The molecule has 0 heterocycles. The van der Waals surface area contributed by atoms with Crippen molar-refractivity contribution in [3.8, 4) is 0 Å². The zero-order valence-corrected chi connectivity index (χ0v) is 13.2. The second kappa shape index (κ2) is 7.13. The lowest BCUT2D eigenvalue weighted by Gasteiger charge is -2.55. The van der Waals surface area contributed by atoms with Gasteiger partial charge in [-0.05, 0) is 32.9 Å². The van der Waals surface area contributed by atoms with Crippen molar-refractivity contribution >= 4 is 11.8 Å². The standard InChI is InChI=1S/C14H29NO2S/c1-6-14(4)12(8-13(14)17-7-2)15-10(3)11(9-16)18-5/h10-13,15-16H,6-9H2,1-5H3. The van der Waals surface area contributed by atoms with E-state index in [1.54, 1.807) is 11.8 Å². The van der Waals surface area contributed by atoms with Gasteiger partial charge in [0, 0.05) is 29.4 Å². The van der Waals surface area contributed by atoms with E-state index in [1.165, 1.54) is 0 Å². The van der Waals surface area contributed by atoms with Crippen LogP contribution in [0.15, 0.2) is 0 Å². The summed E-state index contributed by atoms with van der Waals surface area (Å²) < 4.78 is 5.81. The third kappa shape index (κ3) is 3.21. The fourth-order valence-electron chi connectivity index (χ4n) is 2.87. The van der Waals surface area contributed by atoms with Crippen LogP contribution in [0.3, 0.4) is 0 Å². The van der Waals surface area contributed by atoms with E-state index in [2.05, 4.69) is 39.3 Å². The maximum Gasteiger partial charge on any atom is 0.0658 e. The van der Waals surface area contributed by atoms with E-state index in [4.69, 9.17) is 4.74 Å². The average Bonchev–Trinajstić information content (AvgIpc) is 2.38. The quantitative estimate of drug-likeness (QED) is 0.713. The number of ether oxygens (including phenoxy) is 1. The summed E-state index contributed by atoms with van der Waals surface area (Å²) in [6, 6.07) is 0.846. The zero-order chi connectivity index (χ0) is 13.8. The Morgan fingerprint density at radius 3 is 2.61 bits per heavy atom. The smallest absolute Gasteiger partial charge is 0.0658 e. The minimum atomic E-state index is 0.236. The number of thioether (sulfide) groups is 1. The van der Waals surface area contributed by atoms with Gasteiger partial charge in [-0.3, -0.25) is 0 Å². The summed E-state index contributed by atoms with van der Waals surface area (Å²) in [4.78, 5) is 0. The molecule has 0 aromatic heterocycles. The fourth-order valence-corrected chi connectivity index (χ4v) is 3.51. The Morgan fingerprint density at radius 2 is 2.17 bits per heavy atom. The van der Waals surface area contributed by atoms with Crippen molar-refractivity contribution in [2.75, 3.05) is 19.5 Å². The number of aliphatic hydroxyl groups is 1. The molecule has 0 aromatic rings. The summed E-state index contributed by atoms with van der Waals surface area (Å²) in [7, 11) is 0. The molecule has 5 atom stereocenters. The lowest BCUT2D eigenvalue weighted by Crippen LogP contribution is -2.64. The lowest BCUT2D eigenvalue weighted by atomic mass is 9.61. The van der Waals surface area contributed by atoms with Gasteiger partial charge in [-0.25, -0.2) is 0 Å². The van der Waals surface area contributed by atoms with Crippen LogP contribution in [0.1, 0.15) is 40.5 Å². The number of aliphatic hydroxyl groups excluding tert-OH is 1. The van der Waals surface area contributed by atoms with Crippen LogP contribution in [0.5, 0.6) is 0 Å². The highest BCUT2D eigenvalue weighted by molar-refractivity contribution is 7.99. The van der Waals surface area contributed by atoms with Crippen molar-refractivity contribution in [1.29, 1.82) is 0 Å². The van der Waals surface area contributed by atoms with Gasteiger partial charge >= 0.3 is 0 Å².